The summed E-state index contributed by atoms with van der Waals surface area (Å²) in [5.41, 5.74) is 1.81. The molecule has 1 aliphatic rings. The van der Waals surface area contributed by atoms with Crippen LogP contribution in [0.1, 0.15) is 0 Å². The first-order valence-corrected chi connectivity index (χ1v) is 10.7. The van der Waals surface area contributed by atoms with E-state index >= 15 is 0 Å². The monoisotopic (exact) mass is 423 g/mol. The SMILES string of the molecule is O=C(CSc1ccc(N2CCN(c3ccccc3)CC2)nn1)Nc1ccc(F)cc1. The summed E-state index contributed by atoms with van der Waals surface area (Å²) in [6, 6.07) is 19.9. The molecular formula is C22H22FN5OS. The van der Waals surface area contributed by atoms with Crippen LogP contribution in [0.2, 0.25) is 0 Å². The highest BCUT2D eigenvalue weighted by Crippen LogP contribution is 2.21. The highest BCUT2D eigenvalue weighted by atomic mass is 32.2. The summed E-state index contributed by atoms with van der Waals surface area (Å²) in [4.78, 5) is 16.6. The lowest BCUT2D eigenvalue weighted by atomic mass is 10.2. The van der Waals surface area contributed by atoms with E-state index in [0.717, 1.165) is 32.0 Å². The number of rotatable bonds is 6. The Morgan fingerprint density at radius 2 is 1.60 bits per heavy atom. The van der Waals surface area contributed by atoms with Crippen LogP contribution in [0.4, 0.5) is 21.6 Å². The summed E-state index contributed by atoms with van der Waals surface area (Å²) in [5, 5.41) is 12.0. The molecule has 0 radical (unpaired) electrons. The predicted molar refractivity (Wildman–Crippen MR) is 119 cm³/mol. The minimum atomic E-state index is -0.334. The number of amides is 1. The Morgan fingerprint density at radius 1 is 0.900 bits per heavy atom. The first-order valence-electron chi connectivity index (χ1n) is 9.74. The lowest BCUT2D eigenvalue weighted by molar-refractivity contribution is -0.113. The average Bonchev–Trinajstić information content (AvgIpc) is 2.80. The van der Waals surface area contributed by atoms with Crippen molar-refractivity contribution in [3.8, 4) is 0 Å². The molecule has 1 N–H and O–H groups in total. The van der Waals surface area contributed by atoms with Crippen molar-refractivity contribution in [2.24, 2.45) is 0 Å². The van der Waals surface area contributed by atoms with E-state index in [4.69, 9.17) is 0 Å². The zero-order chi connectivity index (χ0) is 20.8. The normalized spacial score (nSPS) is 13.9. The molecule has 1 saturated heterocycles. The van der Waals surface area contributed by atoms with Gasteiger partial charge in [-0.2, -0.15) is 0 Å². The molecular weight excluding hydrogens is 401 g/mol. The average molecular weight is 424 g/mol. The van der Waals surface area contributed by atoms with Crippen molar-refractivity contribution >= 4 is 34.9 Å². The van der Waals surface area contributed by atoms with Crippen molar-refractivity contribution in [1.29, 1.82) is 0 Å². The highest BCUT2D eigenvalue weighted by molar-refractivity contribution is 7.99. The molecule has 1 aliphatic heterocycles. The second-order valence-corrected chi connectivity index (χ2v) is 7.88. The number of carbonyl (C=O) groups is 1. The van der Waals surface area contributed by atoms with Gasteiger partial charge in [0.05, 0.1) is 5.75 Å². The number of thioether (sulfide) groups is 1. The summed E-state index contributed by atoms with van der Waals surface area (Å²) in [7, 11) is 0. The van der Waals surface area contributed by atoms with Crippen molar-refractivity contribution in [3.63, 3.8) is 0 Å². The van der Waals surface area contributed by atoms with Gasteiger partial charge in [-0.3, -0.25) is 4.79 Å². The number of aromatic nitrogens is 2. The number of piperazine rings is 1. The van der Waals surface area contributed by atoms with Crippen LogP contribution < -0.4 is 15.1 Å². The zero-order valence-electron chi connectivity index (χ0n) is 16.4. The maximum Gasteiger partial charge on any atom is 0.234 e. The molecule has 154 valence electrons. The molecule has 0 atom stereocenters. The molecule has 1 amide bonds. The van der Waals surface area contributed by atoms with Gasteiger partial charge in [0.2, 0.25) is 5.91 Å². The van der Waals surface area contributed by atoms with E-state index in [1.807, 2.05) is 18.2 Å². The quantitative estimate of drug-likeness (QED) is 0.611. The first kappa shape index (κ1) is 20.2. The van der Waals surface area contributed by atoms with Gasteiger partial charge in [-0.15, -0.1) is 10.2 Å². The molecule has 1 aromatic heterocycles. The molecule has 30 heavy (non-hydrogen) atoms. The number of hydrogen-bond donors (Lipinski definition) is 1. The first-order chi connectivity index (χ1) is 14.7. The van der Waals surface area contributed by atoms with Crippen molar-refractivity contribution in [2.45, 2.75) is 5.03 Å². The van der Waals surface area contributed by atoms with Gasteiger partial charge in [0, 0.05) is 37.6 Å². The third kappa shape index (κ3) is 5.27. The number of benzene rings is 2. The fourth-order valence-corrected chi connectivity index (χ4v) is 3.87. The smallest absolute Gasteiger partial charge is 0.234 e. The maximum absolute atomic E-state index is 12.9. The Labute approximate surface area is 179 Å². The topological polar surface area (TPSA) is 61.4 Å². The summed E-state index contributed by atoms with van der Waals surface area (Å²) in [6.45, 7) is 3.64. The van der Waals surface area contributed by atoms with Gasteiger partial charge in [0.1, 0.15) is 10.8 Å². The molecule has 0 unspecified atom stereocenters. The Hall–Kier alpha value is -3.13. The molecule has 6 nitrogen and oxygen atoms in total. The third-order valence-electron chi connectivity index (χ3n) is 4.83. The van der Waals surface area contributed by atoms with Crippen LogP contribution in [0, 0.1) is 5.82 Å². The van der Waals surface area contributed by atoms with Gasteiger partial charge in [-0.05, 0) is 48.5 Å². The lowest BCUT2D eigenvalue weighted by Gasteiger charge is -2.36. The number of nitrogens with one attached hydrogen (secondary N) is 1. The van der Waals surface area contributed by atoms with Gasteiger partial charge >= 0.3 is 0 Å². The van der Waals surface area contributed by atoms with Gasteiger partial charge in [0.25, 0.3) is 0 Å². The van der Waals surface area contributed by atoms with Crippen LogP contribution in [0.3, 0.4) is 0 Å². The summed E-state index contributed by atoms with van der Waals surface area (Å²) in [6.07, 6.45) is 0. The van der Waals surface area contributed by atoms with Crippen molar-refractivity contribution in [3.05, 3.63) is 72.5 Å². The van der Waals surface area contributed by atoms with E-state index in [1.165, 1.54) is 41.7 Å². The largest absolute Gasteiger partial charge is 0.368 e. The van der Waals surface area contributed by atoms with Crippen molar-refractivity contribution in [2.75, 3.05) is 47.0 Å². The van der Waals surface area contributed by atoms with Gasteiger partial charge in [-0.1, -0.05) is 30.0 Å². The number of para-hydroxylation sites is 1. The molecule has 4 rings (SSSR count). The van der Waals surface area contributed by atoms with Crippen LogP contribution in [-0.4, -0.2) is 48.0 Å². The van der Waals surface area contributed by atoms with E-state index in [9.17, 15) is 9.18 Å². The second-order valence-electron chi connectivity index (χ2n) is 6.88. The van der Waals surface area contributed by atoms with Gasteiger partial charge < -0.3 is 15.1 Å². The molecule has 0 bridgehead atoms. The number of anilines is 3. The van der Waals surface area contributed by atoms with Gasteiger partial charge in [0.15, 0.2) is 5.82 Å². The maximum atomic E-state index is 12.9. The van der Waals surface area contributed by atoms with E-state index in [0.29, 0.717) is 10.7 Å². The molecule has 1 fully saturated rings. The fraction of sp³-hybridized carbons (Fsp3) is 0.227. The van der Waals surface area contributed by atoms with E-state index < -0.39 is 0 Å². The van der Waals surface area contributed by atoms with Crippen LogP contribution in [0.25, 0.3) is 0 Å². The number of carbonyl (C=O) groups excluding carboxylic acids is 1. The molecule has 2 aromatic carbocycles. The molecule has 2 heterocycles. The minimum absolute atomic E-state index is 0.172. The summed E-state index contributed by atoms with van der Waals surface area (Å²) >= 11 is 1.32. The lowest BCUT2D eigenvalue weighted by Crippen LogP contribution is -2.46. The predicted octanol–water partition coefficient (Wildman–Crippen LogP) is 3.67. The fourth-order valence-electron chi connectivity index (χ4n) is 3.26. The number of nitrogens with zero attached hydrogens (tertiary/aromatic N) is 4. The highest BCUT2D eigenvalue weighted by Gasteiger charge is 2.18. The molecule has 0 aliphatic carbocycles. The third-order valence-corrected chi connectivity index (χ3v) is 5.75. The van der Waals surface area contributed by atoms with Crippen LogP contribution in [-0.2, 0) is 4.79 Å². The molecule has 8 heteroatoms. The Balaban J connectivity index is 1.25. The zero-order valence-corrected chi connectivity index (χ0v) is 17.2. The Bertz CT molecular complexity index is 961. The Kier molecular flexibility index (Phi) is 6.44. The van der Waals surface area contributed by atoms with E-state index in [2.05, 4.69) is 49.6 Å². The van der Waals surface area contributed by atoms with Crippen LogP contribution >= 0.6 is 11.8 Å². The van der Waals surface area contributed by atoms with Crippen molar-refractivity contribution in [1.82, 2.24) is 10.2 Å². The van der Waals surface area contributed by atoms with E-state index in [1.54, 1.807) is 0 Å². The van der Waals surface area contributed by atoms with Crippen LogP contribution in [0.5, 0.6) is 0 Å². The standard InChI is InChI=1S/C22H22FN5OS/c23-17-6-8-18(9-7-17)24-21(29)16-30-22-11-10-20(25-26-22)28-14-12-27(13-15-28)19-4-2-1-3-5-19/h1-11H,12-16H2,(H,24,29). The van der Waals surface area contributed by atoms with Crippen molar-refractivity contribution < 1.29 is 9.18 Å². The summed E-state index contributed by atoms with van der Waals surface area (Å²) < 4.78 is 12.9. The minimum Gasteiger partial charge on any atom is -0.368 e. The van der Waals surface area contributed by atoms with E-state index in [-0.39, 0.29) is 17.5 Å². The second kappa shape index (κ2) is 9.58. The van der Waals surface area contributed by atoms with Gasteiger partial charge in [-0.25, -0.2) is 4.39 Å². The molecule has 0 saturated carbocycles. The number of hydrogen-bond acceptors (Lipinski definition) is 6. The summed E-state index contributed by atoms with van der Waals surface area (Å²) in [5.74, 6) is 0.554. The number of halogens is 1. The van der Waals surface area contributed by atoms with Crippen LogP contribution in [0.15, 0.2) is 71.8 Å². The molecule has 0 spiro atoms. The molecule has 3 aromatic rings. The Morgan fingerprint density at radius 3 is 2.27 bits per heavy atom.